The van der Waals surface area contributed by atoms with E-state index in [1.165, 1.54) is 28.3 Å². The van der Waals surface area contributed by atoms with E-state index in [0.29, 0.717) is 6.54 Å². The minimum absolute atomic E-state index is 0.00725. The highest BCUT2D eigenvalue weighted by atomic mass is 32.1. The highest BCUT2D eigenvalue weighted by Crippen LogP contribution is 2.26. The minimum Gasteiger partial charge on any atom is -0.378 e. The third-order valence-corrected chi connectivity index (χ3v) is 6.74. The summed E-state index contributed by atoms with van der Waals surface area (Å²) in [6, 6.07) is 23.2. The van der Waals surface area contributed by atoms with Crippen LogP contribution in [0.25, 0.3) is 0 Å². The zero-order valence-electron chi connectivity index (χ0n) is 18.2. The van der Waals surface area contributed by atoms with E-state index in [1.807, 2.05) is 17.5 Å². The molecule has 2 aromatic carbocycles. The fraction of sp³-hybridized carbons (Fsp3) is 0.320. The second kappa shape index (κ2) is 9.98. The van der Waals surface area contributed by atoms with Crippen molar-refractivity contribution in [1.82, 2.24) is 10.2 Å². The Hall–Kier alpha value is -2.83. The van der Waals surface area contributed by atoms with Gasteiger partial charge in [-0.15, -0.1) is 11.3 Å². The van der Waals surface area contributed by atoms with Gasteiger partial charge in [0.1, 0.15) is 0 Å². The van der Waals surface area contributed by atoms with Gasteiger partial charge in [-0.05, 0) is 41.3 Å². The van der Waals surface area contributed by atoms with Gasteiger partial charge in [0.05, 0.1) is 10.9 Å². The van der Waals surface area contributed by atoms with E-state index in [-0.39, 0.29) is 11.9 Å². The van der Waals surface area contributed by atoms with Crippen LogP contribution in [-0.4, -0.2) is 57.6 Å². The molecule has 3 aromatic rings. The molecule has 1 atom stereocenters. The third-order valence-electron chi connectivity index (χ3n) is 5.87. The van der Waals surface area contributed by atoms with Crippen molar-refractivity contribution in [1.29, 1.82) is 0 Å². The number of piperazine rings is 1. The molecule has 1 aliphatic rings. The molecule has 1 amide bonds. The van der Waals surface area contributed by atoms with E-state index >= 15 is 0 Å². The first-order chi connectivity index (χ1) is 15.1. The van der Waals surface area contributed by atoms with Crippen LogP contribution < -0.4 is 15.1 Å². The number of thiophene rings is 1. The number of nitrogens with one attached hydrogen (secondary N) is 1. The lowest BCUT2D eigenvalue weighted by atomic mass is 10.0. The molecular formula is C25H30N4OS. The number of rotatable bonds is 7. The van der Waals surface area contributed by atoms with Crippen molar-refractivity contribution in [3.05, 3.63) is 82.6 Å². The Morgan fingerprint density at radius 3 is 2.29 bits per heavy atom. The zero-order valence-corrected chi connectivity index (χ0v) is 19.0. The van der Waals surface area contributed by atoms with Gasteiger partial charge in [-0.25, -0.2) is 0 Å². The van der Waals surface area contributed by atoms with Crippen molar-refractivity contribution in [2.24, 2.45) is 0 Å². The lowest BCUT2D eigenvalue weighted by Gasteiger charge is -2.40. The predicted molar refractivity (Wildman–Crippen MR) is 130 cm³/mol. The van der Waals surface area contributed by atoms with Crippen LogP contribution in [0.4, 0.5) is 11.4 Å². The standard InChI is InChI=1S/C25H30N4OS/c1-27(2)21-12-10-20(11-13-21)23(19-26-25(30)24-9-6-18-31-24)29-16-14-28(15-17-29)22-7-4-3-5-8-22/h3-13,18,23H,14-17,19H2,1-2H3,(H,26,30). The Bertz CT molecular complexity index is 949. The number of nitrogens with zero attached hydrogens (tertiary/aromatic N) is 3. The van der Waals surface area contributed by atoms with Crippen LogP contribution in [0.2, 0.25) is 0 Å². The highest BCUT2D eigenvalue weighted by molar-refractivity contribution is 7.12. The van der Waals surface area contributed by atoms with Crippen molar-refractivity contribution >= 4 is 28.6 Å². The molecule has 2 heterocycles. The normalized spacial score (nSPS) is 15.5. The van der Waals surface area contributed by atoms with Crippen molar-refractivity contribution in [3.8, 4) is 0 Å². The topological polar surface area (TPSA) is 38.8 Å². The lowest BCUT2D eigenvalue weighted by molar-refractivity contribution is 0.0934. The first-order valence-electron chi connectivity index (χ1n) is 10.7. The van der Waals surface area contributed by atoms with Gasteiger partial charge < -0.3 is 15.1 Å². The van der Waals surface area contributed by atoms with E-state index in [2.05, 4.69) is 88.7 Å². The van der Waals surface area contributed by atoms with Gasteiger partial charge in [0, 0.05) is 58.2 Å². The second-order valence-corrected chi connectivity index (χ2v) is 9.00. The molecule has 0 radical (unpaired) electrons. The second-order valence-electron chi connectivity index (χ2n) is 8.05. The average Bonchev–Trinajstić information content (AvgIpc) is 3.36. The number of carbonyl (C=O) groups excluding carboxylic acids is 1. The monoisotopic (exact) mass is 434 g/mol. The van der Waals surface area contributed by atoms with E-state index < -0.39 is 0 Å². The maximum Gasteiger partial charge on any atom is 0.261 e. The van der Waals surface area contributed by atoms with Gasteiger partial charge in [-0.1, -0.05) is 36.4 Å². The number of carbonyl (C=O) groups is 1. The number of amides is 1. The molecule has 1 saturated heterocycles. The quantitative estimate of drug-likeness (QED) is 0.608. The molecule has 0 bridgehead atoms. The average molecular weight is 435 g/mol. The molecule has 0 aliphatic carbocycles. The Morgan fingerprint density at radius 2 is 1.68 bits per heavy atom. The SMILES string of the molecule is CN(C)c1ccc(C(CNC(=O)c2cccs2)N2CCN(c3ccccc3)CC2)cc1. The summed E-state index contributed by atoms with van der Waals surface area (Å²) >= 11 is 1.48. The summed E-state index contributed by atoms with van der Waals surface area (Å²) in [6.45, 7) is 4.49. The summed E-state index contributed by atoms with van der Waals surface area (Å²) in [5.41, 5.74) is 3.70. The van der Waals surface area contributed by atoms with Crippen LogP contribution in [0, 0.1) is 0 Å². The fourth-order valence-corrected chi connectivity index (χ4v) is 4.71. The van der Waals surface area contributed by atoms with Crippen LogP contribution >= 0.6 is 11.3 Å². The first-order valence-corrected chi connectivity index (χ1v) is 11.6. The van der Waals surface area contributed by atoms with E-state index in [0.717, 1.165) is 31.1 Å². The smallest absolute Gasteiger partial charge is 0.261 e. The molecular weight excluding hydrogens is 404 g/mol. The maximum atomic E-state index is 12.6. The minimum atomic E-state index is 0.00725. The summed E-state index contributed by atoms with van der Waals surface area (Å²) in [6.07, 6.45) is 0. The van der Waals surface area contributed by atoms with Crippen LogP contribution in [0.15, 0.2) is 72.1 Å². The number of hydrogen-bond acceptors (Lipinski definition) is 5. The van der Waals surface area contributed by atoms with Gasteiger partial charge in [0.25, 0.3) is 5.91 Å². The molecule has 1 N–H and O–H groups in total. The molecule has 31 heavy (non-hydrogen) atoms. The molecule has 5 nitrogen and oxygen atoms in total. The number of para-hydroxylation sites is 1. The Labute approximate surface area is 188 Å². The Balaban J connectivity index is 1.47. The van der Waals surface area contributed by atoms with Crippen molar-refractivity contribution in [2.45, 2.75) is 6.04 Å². The molecule has 0 saturated carbocycles. The predicted octanol–water partition coefficient (Wildman–Crippen LogP) is 4.11. The molecule has 162 valence electrons. The van der Waals surface area contributed by atoms with Gasteiger partial charge in [0.2, 0.25) is 0 Å². The van der Waals surface area contributed by atoms with E-state index in [4.69, 9.17) is 0 Å². The Kier molecular flexibility index (Phi) is 6.89. The highest BCUT2D eigenvalue weighted by Gasteiger charge is 2.26. The molecule has 1 unspecified atom stereocenters. The molecule has 0 spiro atoms. The van der Waals surface area contributed by atoms with E-state index in [9.17, 15) is 4.79 Å². The van der Waals surface area contributed by atoms with Crippen molar-refractivity contribution in [3.63, 3.8) is 0 Å². The number of benzene rings is 2. The Morgan fingerprint density at radius 1 is 0.968 bits per heavy atom. The number of hydrogen-bond donors (Lipinski definition) is 1. The summed E-state index contributed by atoms with van der Waals surface area (Å²) < 4.78 is 0. The van der Waals surface area contributed by atoms with Gasteiger partial charge in [-0.2, -0.15) is 0 Å². The van der Waals surface area contributed by atoms with Crippen molar-refractivity contribution in [2.75, 3.05) is 56.6 Å². The van der Waals surface area contributed by atoms with Crippen LogP contribution in [0.5, 0.6) is 0 Å². The van der Waals surface area contributed by atoms with Gasteiger partial charge in [-0.3, -0.25) is 9.69 Å². The number of anilines is 2. The van der Waals surface area contributed by atoms with Crippen LogP contribution in [-0.2, 0) is 0 Å². The molecule has 1 aliphatic heterocycles. The molecule has 4 rings (SSSR count). The summed E-state index contributed by atoms with van der Waals surface area (Å²) in [7, 11) is 4.10. The largest absolute Gasteiger partial charge is 0.378 e. The van der Waals surface area contributed by atoms with Crippen LogP contribution in [0.3, 0.4) is 0 Å². The zero-order chi connectivity index (χ0) is 21.6. The summed E-state index contributed by atoms with van der Waals surface area (Å²) in [5, 5.41) is 5.11. The van der Waals surface area contributed by atoms with Crippen LogP contribution in [0.1, 0.15) is 21.3 Å². The molecule has 6 heteroatoms. The third kappa shape index (κ3) is 5.27. The van der Waals surface area contributed by atoms with Gasteiger partial charge >= 0.3 is 0 Å². The van der Waals surface area contributed by atoms with Crippen molar-refractivity contribution < 1.29 is 4.79 Å². The lowest BCUT2D eigenvalue weighted by Crippen LogP contribution is -2.49. The van der Waals surface area contributed by atoms with E-state index in [1.54, 1.807) is 0 Å². The first kappa shape index (κ1) is 21.4. The molecule has 1 aromatic heterocycles. The summed E-state index contributed by atoms with van der Waals surface area (Å²) in [4.78, 5) is 20.4. The summed E-state index contributed by atoms with van der Waals surface area (Å²) in [5.74, 6) is 0.00725. The maximum absolute atomic E-state index is 12.6. The molecule has 1 fully saturated rings. The van der Waals surface area contributed by atoms with Gasteiger partial charge in [0.15, 0.2) is 0 Å². The fourth-order valence-electron chi connectivity index (χ4n) is 4.07.